The molecular formula is C25H30FNO5. The van der Waals surface area contributed by atoms with Crippen molar-refractivity contribution >= 4 is 11.9 Å². The van der Waals surface area contributed by atoms with Crippen molar-refractivity contribution in [2.45, 2.75) is 58.3 Å². The molecule has 0 bridgehead atoms. The molecule has 172 valence electrons. The smallest absolute Gasteiger partial charge is 0.335 e. The Bertz CT molecular complexity index is 975. The van der Waals surface area contributed by atoms with Crippen molar-refractivity contribution in [3.8, 4) is 5.75 Å². The Hall–Kier alpha value is -2.93. The van der Waals surface area contributed by atoms with Crippen LogP contribution in [-0.4, -0.2) is 29.1 Å². The van der Waals surface area contributed by atoms with Gasteiger partial charge in [-0.05, 0) is 48.7 Å². The van der Waals surface area contributed by atoms with Gasteiger partial charge in [0.2, 0.25) is 5.91 Å². The second-order valence-corrected chi connectivity index (χ2v) is 9.08. The molecule has 2 aromatic carbocycles. The van der Waals surface area contributed by atoms with Crippen LogP contribution in [0.2, 0.25) is 0 Å². The molecule has 3 rings (SSSR count). The highest BCUT2D eigenvalue weighted by Gasteiger charge is 2.41. The highest BCUT2D eigenvalue weighted by molar-refractivity contribution is 5.88. The molecule has 6 nitrogen and oxygen atoms in total. The van der Waals surface area contributed by atoms with Crippen molar-refractivity contribution in [3.05, 3.63) is 65.0 Å². The normalized spacial score (nSPS) is 23.1. The molecule has 1 fully saturated rings. The highest BCUT2D eigenvalue weighted by Crippen LogP contribution is 2.46. The molecule has 3 atom stereocenters. The van der Waals surface area contributed by atoms with Gasteiger partial charge in [0.25, 0.3) is 0 Å². The van der Waals surface area contributed by atoms with E-state index in [1.54, 1.807) is 24.3 Å². The Morgan fingerprint density at radius 2 is 1.84 bits per heavy atom. The molecule has 0 saturated carbocycles. The number of carbonyl (C=O) groups is 2. The van der Waals surface area contributed by atoms with Crippen LogP contribution in [0.1, 0.15) is 74.2 Å². The van der Waals surface area contributed by atoms with Gasteiger partial charge >= 0.3 is 5.97 Å². The van der Waals surface area contributed by atoms with Crippen molar-refractivity contribution in [3.63, 3.8) is 0 Å². The second-order valence-electron chi connectivity index (χ2n) is 9.08. The lowest BCUT2D eigenvalue weighted by atomic mass is 9.81. The fourth-order valence-corrected chi connectivity index (χ4v) is 4.10. The van der Waals surface area contributed by atoms with E-state index in [0.29, 0.717) is 30.8 Å². The number of amides is 1. The number of rotatable bonds is 7. The average molecular weight is 444 g/mol. The number of hydrogen-bond acceptors (Lipinski definition) is 4. The Balaban J connectivity index is 2.03. The Labute approximate surface area is 187 Å². The zero-order valence-electron chi connectivity index (χ0n) is 18.9. The summed E-state index contributed by atoms with van der Waals surface area (Å²) in [5, 5.41) is 12.5. The van der Waals surface area contributed by atoms with E-state index in [0.717, 1.165) is 5.56 Å². The van der Waals surface area contributed by atoms with Gasteiger partial charge in [0.15, 0.2) is 0 Å². The zero-order valence-corrected chi connectivity index (χ0v) is 18.9. The highest BCUT2D eigenvalue weighted by atomic mass is 19.1. The van der Waals surface area contributed by atoms with Gasteiger partial charge in [-0.1, -0.05) is 26.0 Å². The van der Waals surface area contributed by atoms with Crippen LogP contribution in [0.25, 0.3) is 0 Å². The predicted molar refractivity (Wildman–Crippen MR) is 118 cm³/mol. The number of carboxylic acid groups (broad SMARTS) is 1. The molecule has 1 saturated heterocycles. The Morgan fingerprint density at radius 3 is 2.44 bits per heavy atom. The third kappa shape index (κ3) is 5.85. The van der Waals surface area contributed by atoms with E-state index in [1.165, 1.54) is 25.1 Å². The minimum atomic E-state index is -1.04. The van der Waals surface area contributed by atoms with Crippen LogP contribution in [0.4, 0.5) is 4.39 Å². The van der Waals surface area contributed by atoms with E-state index >= 15 is 0 Å². The summed E-state index contributed by atoms with van der Waals surface area (Å²) in [4.78, 5) is 23.6. The molecule has 0 unspecified atom stereocenters. The molecule has 1 amide bonds. The van der Waals surface area contributed by atoms with Crippen molar-refractivity contribution in [1.82, 2.24) is 5.32 Å². The third-order valence-corrected chi connectivity index (χ3v) is 5.50. The molecular weight excluding hydrogens is 413 g/mol. The number of aromatic carboxylic acids is 1. The molecule has 1 aliphatic heterocycles. The summed E-state index contributed by atoms with van der Waals surface area (Å²) in [5.74, 6) is -0.715. The molecule has 1 heterocycles. The van der Waals surface area contributed by atoms with E-state index in [9.17, 15) is 19.1 Å². The monoisotopic (exact) mass is 443 g/mol. The quantitative estimate of drug-likeness (QED) is 0.626. The number of carbonyl (C=O) groups excluding carboxylic acids is 1. The number of carboxylic acids is 1. The minimum Gasteiger partial charge on any atom is -0.493 e. The van der Waals surface area contributed by atoms with Gasteiger partial charge in [-0.15, -0.1) is 0 Å². The summed E-state index contributed by atoms with van der Waals surface area (Å²) < 4.78 is 25.9. The molecule has 1 aliphatic rings. The molecule has 0 spiro atoms. The van der Waals surface area contributed by atoms with Crippen molar-refractivity contribution in [2.24, 2.45) is 5.92 Å². The van der Waals surface area contributed by atoms with Crippen LogP contribution >= 0.6 is 0 Å². The lowest BCUT2D eigenvalue weighted by molar-refractivity contribution is -0.126. The van der Waals surface area contributed by atoms with Crippen LogP contribution in [0, 0.1) is 11.7 Å². The topological polar surface area (TPSA) is 84.9 Å². The van der Waals surface area contributed by atoms with Crippen LogP contribution < -0.4 is 10.1 Å². The van der Waals surface area contributed by atoms with Crippen molar-refractivity contribution < 1.29 is 28.6 Å². The first-order valence-electron chi connectivity index (χ1n) is 10.8. The molecule has 7 heteroatoms. The summed E-state index contributed by atoms with van der Waals surface area (Å²) in [6, 6.07) is 10.8. The molecule has 2 aromatic rings. The molecule has 32 heavy (non-hydrogen) atoms. The van der Waals surface area contributed by atoms with Crippen LogP contribution in [0.15, 0.2) is 42.5 Å². The second kappa shape index (κ2) is 9.69. The molecule has 2 N–H and O–H groups in total. The Kier molecular flexibility index (Phi) is 7.19. The van der Waals surface area contributed by atoms with Gasteiger partial charge in [0.1, 0.15) is 11.6 Å². The van der Waals surface area contributed by atoms with Crippen LogP contribution in [-0.2, 0) is 9.53 Å². The minimum absolute atomic E-state index is 0.130. The summed E-state index contributed by atoms with van der Waals surface area (Å²) in [6.45, 7) is 7.93. The van der Waals surface area contributed by atoms with E-state index < -0.39 is 23.7 Å². The first kappa shape index (κ1) is 23.7. The fourth-order valence-electron chi connectivity index (χ4n) is 4.10. The van der Waals surface area contributed by atoms with Crippen molar-refractivity contribution in [1.29, 1.82) is 0 Å². The van der Waals surface area contributed by atoms with Gasteiger partial charge < -0.3 is 19.9 Å². The third-order valence-electron chi connectivity index (χ3n) is 5.50. The summed E-state index contributed by atoms with van der Waals surface area (Å²) in [6.07, 6.45) is -0.0179. The maximum absolute atomic E-state index is 13.5. The van der Waals surface area contributed by atoms with Gasteiger partial charge in [-0.25, -0.2) is 9.18 Å². The van der Waals surface area contributed by atoms with E-state index in [2.05, 4.69) is 5.32 Å². The summed E-state index contributed by atoms with van der Waals surface area (Å²) >= 11 is 0. The fraction of sp³-hybridized carbons (Fsp3) is 0.440. The van der Waals surface area contributed by atoms with E-state index in [-0.39, 0.29) is 23.2 Å². The number of ether oxygens (including phenoxy) is 2. The first-order valence-corrected chi connectivity index (χ1v) is 10.8. The van der Waals surface area contributed by atoms with Gasteiger partial charge in [0, 0.05) is 30.9 Å². The summed E-state index contributed by atoms with van der Waals surface area (Å²) in [7, 11) is 0. The van der Waals surface area contributed by atoms with E-state index in [4.69, 9.17) is 9.47 Å². The number of hydrogen-bond donors (Lipinski definition) is 2. The van der Waals surface area contributed by atoms with Crippen LogP contribution in [0.5, 0.6) is 5.75 Å². The lowest BCUT2D eigenvalue weighted by Gasteiger charge is -2.43. The standard InChI is InChI=1S/C25H30FNO5/c1-15(2)14-31-21-10-7-18(24(29)30)11-20(21)23-13-25(4,27-16(3)28)12-22(32-23)17-5-8-19(26)9-6-17/h5-11,15,22-23H,12-14H2,1-4H3,(H,27,28)(H,29,30)/t22-,23+,25+/m0/s1. The number of benzene rings is 2. The molecule has 0 radical (unpaired) electrons. The lowest BCUT2D eigenvalue weighted by Crippen LogP contribution is -2.50. The first-order chi connectivity index (χ1) is 15.1. The van der Waals surface area contributed by atoms with Gasteiger partial charge in [-0.2, -0.15) is 0 Å². The predicted octanol–water partition coefficient (Wildman–Crippen LogP) is 5.05. The van der Waals surface area contributed by atoms with E-state index in [1.807, 2.05) is 20.8 Å². The summed E-state index contributed by atoms with van der Waals surface area (Å²) in [5.41, 5.74) is 0.925. The zero-order chi connectivity index (χ0) is 23.5. The van der Waals surface area contributed by atoms with Gasteiger partial charge in [-0.3, -0.25) is 4.79 Å². The van der Waals surface area contributed by atoms with Gasteiger partial charge in [0.05, 0.1) is 24.4 Å². The van der Waals surface area contributed by atoms with Crippen LogP contribution in [0.3, 0.4) is 0 Å². The largest absolute Gasteiger partial charge is 0.493 e. The SMILES string of the molecule is CC(=O)N[C@]1(C)C[C@@H](c2ccc(F)cc2)O[C@@H](c2cc(C(=O)O)ccc2OCC(C)C)C1. The Morgan fingerprint density at radius 1 is 1.19 bits per heavy atom. The maximum Gasteiger partial charge on any atom is 0.335 e. The average Bonchev–Trinajstić information content (AvgIpc) is 2.71. The molecule has 0 aromatic heterocycles. The number of halogens is 1. The maximum atomic E-state index is 13.5. The molecule has 0 aliphatic carbocycles. The van der Waals surface area contributed by atoms with Crippen molar-refractivity contribution in [2.75, 3.05) is 6.61 Å². The number of nitrogens with one attached hydrogen (secondary N) is 1.